The Hall–Kier alpha value is -1.07. The molecule has 6 heteroatoms. The average Bonchev–Trinajstić information content (AvgIpc) is 2.58. The summed E-state index contributed by atoms with van der Waals surface area (Å²) in [7, 11) is 0. The molecule has 0 bridgehead atoms. The van der Waals surface area contributed by atoms with E-state index in [1.807, 2.05) is 5.38 Å². The highest BCUT2D eigenvalue weighted by Crippen LogP contribution is 2.27. The summed E-state index contributed by atoms with van der Waals surface area (Å²) in [5, 5.41) is 9.25. The van der Waals surface area contributed by atoms with Gasteiger partial charge in [-0.25, -0.2) is 4.98 Å². The number of hydrogen-bond donors (Lipinski definition) is 2. The molecule has 0 aliphatic carbocycles. The highest BCUT2D eigenvalue weighted by Gasteiger charge is 2.07. The number of anilines is 1. The topological polar surface area (TPSA) is 67.6 Å². The molecule has 2 aromatic heterocycles. The second-order valence-electron chi connectivity index (χ2n) is 2.17. The van der Waals surface area contributed by atoms with E-state index in [9.17, 15) is 0 Å². The molecule has 62 valence electrons. The Labute approximate surface area is 77.4 Å². The van der Waals surface area contributed by atoms with Crippen LogP contribution in [0.25, 0.3) is 11.3 Å². The monoisotopic (exact) mass is 200 g/mol. The first kappa shape index (κ1) is 7.57. The van der Waals surface area contributed by atoms with Crippen LogP contribution in [0.2, 0.25) is 5.15 Å². The maximum atomic E-state index is 5.79. The molecule has 12 heavy (non-hydrogen) atoms. The number of aromatic amines is 1. The van der Waals surface area contributed by atoms with Crippen LogP contribution in [0.15, 0.2) is 11.6 Å². The van der Waals surface area contributed by atoms with Gasteiger partial charge in [0.2, 0.25) is 0 Å². The summed E-state index contributed by atoms with van der Waals surface area (Å²) in [6, 6.07) is 0. The van der Waals surface area contributed by atoms with Gasteiger partial charge in [0.05, 0.1) is 17.5 Å². The van der Waals surface area contributed by atoms with Crippen molar-refractivity contribution in [2.24, 2.45) is 0 Å². The third-order valence-electron chi connectivity index (χ3n) is 1.39. The Bertz CT molecular complexity index is 394. The van der Waals surface area contributed by atoms with E-state index in [0.717, 1.165) is 11.3 Å². The first-order valence-corrected chi connectivity index (χ1v) is 4.43. The first-order chi connectivity index (χ1) is 5.77. The maximum absolute atomic E-state index is 5.79. The van der Waals surface area contributed by atoms with Crippen LogP contribution in [-0.2, 0) is 0 Å². The highest BCUT2D eigenvalue weighted by atomic mass is 35.5. The molecule has 0 saturated heterocycles. The van der Waals surface area contributed by atoms with Crippen molar-refractivity contribution < 1.29 is 0 Å². The number of aromatic nitrogens is 3. The number of nitrogens with one attached hydrogen (secondary N) is 1. The van der Waals surface area contributed by atoms with E-state index in [1.54, 1.807) is 6.20 Å². The van der Waals surface area contributed by atoms with Gasteiger partial charge in [0.1, 0.15) is 5.15 Å². The minimum atomic E-state index is 0.486. The van der Waals surface area contributed by atoms with E-state index in [4.69, 9.17) is 17.3 Å². The summed E-state index contributed by atoms with van der Waals surface area (Å²) in [6.45, 7) is 0. The third-order valence-corrected chi connectivity index (χ3v) is 2.35. The smallest absolute Gasteiger partial charge is 0.180 e. The SMILES string of the molecule is Nc1nc(-c2cn[nH]c2Cl)cs1. The standard InChI is InChI=1S/C6H5ClN4S/c7-5-3(1-9-11-5)4-2-12-6(8)10-4/h1-2H,(H2,8,10)(H,9,11). The van der Waals surface area contributed by atoms with Crippen molar-refractivity contribution in [1.82, 2.24) is 15.2 Å². The Morgan fingerprint density at radius 2 is 2.42 bits per heavy atom. The molecular formula is C6H5ClN4S. The summed E-state index contributed by atoms with van der Waals surface area (Å²) < 4.78 is 0. The summed E-state index contributed by atoms with van der Waals surface area (Å²) in [5.41, 5.74) is 7.01. The Kier molecular flexibility index (Phi) is 1.74. The second kappa shape index (κ2) is 2.76. The number of halogens is 1. The minimum Gasteiger partial charge on any atom is -0.375 e. The lowest BCUT2D eigenvalue weighted by atomic mass is 10.3. The molecule has 0 aliphatic heterocycles. The van der Waals surface area contributed by atoms with Gasteiger partial charge in [-0.05, 0) is 0 Å². The Morgan fingerprint density at radius 1 is 1.58 bits per heavy atom. The molecule has 4 nitrogen and oxygen atoms in total. The summed E-state index contributed by atoms with van der Waals surface area (Å²) >= 11 is 7.17. The van der Waals surface area contributed by atoms with E-state index >= 15 is 0 Å². The van der Waals surface area contributed by atoms with Crippen LogP contribution in [0, 0.1) is 0 Å². The fourth-order valence-corrected chi connectivity index (χ4v) is 1.62. The van der Waals surface area contributed by atoms with Crippen LogP contribution in [0.3, 0.4) is 0 Å². The first-order valence-electron chi connectivity index (χ1n) is 3.17. The van der Waals surface area contributed by atoms with E-state index in [0.29, 0.717) is 10.3 Å². The van der Waals surface area contributed by atoms with Gasteiger partial charge >= 0.3 is 0 Å². The van der Waals surface area contributed by atoms with Crippen molar-refractivity contribution in [1.29, 1.82) is 0 Å². The third kappa shape index (κ3) is 1.17. The predicted molar refractivity (Wildman–Crippen MR) is 49.1 cm³/mol. The van der Waals surface area contributed by atoms with Crippen molar-refractivity contribution in [2.45, 2.75) is 0 Å². The van der Waals surface area contributed by atoms with Crippen LogP contribution >= 0.6 is 22.9 Å². The minimum absolute atomic E-state index is 0.486. The number of nitrogens with zero attached hydrogens (tertiary/aromatic N) is 2. The average molecular weight is 201 g/mol. The van der Waals surface area contributed by atoms with Crippen molar-refractivity contribution >= 4 is 28.1 Å². The van der Waals surface area contributed by atoms with Gasteiger partial charge in [0.25, 0.3) is 0 Å². The molecular weight excluding hydrogens is 196 g/mol. The van der Waals surface area contributed by atoms with Crippen molar-refractivity contribution in [3.05, 3.63) is 16.7 Å². The lowest BCUT2D eigenvalue weighted by Gasteiger charge is -1.88. The van der Waals surface area contributed by atoms with Gasteiger partial charge in [-0.1, -0.05) is 11.6 Å². The predicted octanol–water partition coefficient (Wildman–Crippen LogP) is 1.77. The molecule has 0 atom stereocenters. The normalized spacial score (nSPS) is 10.4. The van der Waals surface area contributed by atoms with E-state index in [1.165, 1.54) is 11.3 Å². The van der Waals surface area contributed by atoms with Gasteiger partial charge in [0.15, 0.2) is 5.13 Å². The quantitative estimate of drug-likeness (QED) is 0.737. The molecule has 0 aliphatic rings. The number of hydrogen-bond acceptors (Lipinski definition) is 4. The molecule has 2 aromatic rings. The van der Waals surface area contributed by atoms with E-state index in [2.05, 4.69) is 15.2 Å². The van der Waals surface area contributed by atoms with E-state index in [-0.39, 0.29) is 0 Å². The molecule has 3 N–H and O–H groups in total. The molecule has 0 spiro atoms. The van der Waals surface area contributed by atoms with Crippen molar-refractivity contribution in [3.8, 4) is 11.3 Å². The zero-order valence-electron chi connectivity index (χ0n) is 5.91. The summed E-state index contributed by atoms with van der Waals surface area (Å²) in [4.78, 5) is 4.07. The lowest BCUT2D eigenvalue weighted by molar-refractivity contribution is 1.09. The largest absolute Gasteiger partial charge is 0.375 e. The summed E-state index contributed by atoms with van der Waals surface area (Å²) in [5.74, 6) is 0. The number of nitrogen functional groups attached to an aromatic ring is 1. The van der Waals surface area contributed by atoms with Crippen LogP contribution in [0.1, 0.15) is 0 Å². The fraction of sp³-hybridized carbons (Fsp3) is 0. The fourth-order valence-electron chi connectivity index (χ4n) is 0.860. The van der Waals surface area contributed by atoms with Crippen LogP contribution in [-0.4, -0.2) is 15.2 Å². The highest BCUT2D eigenvalue weighted by molar-refractivity contribution is 7.13. The number of H-pyrrole nitrogens is 1. The molecule has 0 unspecified atom stereocenters. The number of nitrogens with two attached hydrogens (primary N) is 1. The molecule has 0 fully saturated rings. The molecule has 2 heterocycles. The van der Waals surface area contributed by atoms with Crippen molar-refractivity contribution in [3.63, 3.8) is 0 Å². The summed E-state index contributed by atoms with van der Waals surface area (Å²) in [6.07, 6.45) is 1.62. The second-order valence-corrected chi connectivity index (χ2v) is 3.44. The van der Waals surface area contributed by atoms with Crippen LogP contribution < -0.4 is 5.73 Å². The molecule has 0 saturated carbocycles. The van der Waals surface area contributed by atoms with Gasteiger partial charge in [-0.15, -0.1) is 11.3 Å². The van der Waals surface area contributed by atoms with Crippen molar-refractivity contribution in [2.75, 3.05) is 5.73 Å². The van der Waals surface area contributed by atoms with Gasteiger partial charge in [-0.3, -0.25) is 5.10 Å². The van der Waals surface area contributed by atoms with E-state index < -0.39 is 0 Å². The van der Waals surface area contributed by atoms with Crippen LogP contribution in [0.4, 0.5) is 5.13 Å². The van der Waals surface area contributed by atoms with Gasteiger partial charge < -0.3 is 5.73 Å². The molecule has 0 amide bonds. The maximum Gasteiger partial charge on any atom is 0.180 e. The zero-order chi connectivity index (χ0) is 8.55. The zero-order valence-corrected chi connectivity index (χ0v) is 7.49. The Balaban J connectivity index is 2.50. The van der Waals surface area contributed by atoms with Gasteiger partial charge in [-0.2, -0.15) is 5.10 Å². The number of thiazole rings is 1. The van der Waals surface area contributed by atoms with Gasteiger partial charge in [0, 0.05) is 5.38 Å². The Morgan fingerprint density at radius 3 is 2.92 bits per heavy atom. The van der Waals surface area contributed by atoms with Crippen LogP contribution in [0.5, 0.6) is 0 Å². The lowest BCUT2D eigenvalue weighted by Crippen LogP contribution is -1.81. The molecule has 2 rings (SSSR count). The molecule has 0 aromatic carbocycles. The molecule has 0 radical (unpaired) electrons. The number of rotatable bonds is 1.